The lowest BCUT2D eigenvalue weighted by Gasteiger charge is -2.52. The van der Waals surface area contributed by atoms with Gasteiger partial charge in [-0.2, -0.15) is 26.3 Å². The van der Waals surface area contributed by atoms with E-state index in [0.717, 1.165) is 18.2 Å². The number of carbonyl (C=O) groups is 2. The second-order valence-electron chi connectivity index (χ2n) is 13.6. The fourth-order valence-electron chi connectivity index (χ4n) is 8.57. The van der Waals surface area contributed by atoms with Crippen molar-refractivity contribution in [3.63, 3.8) is 0 Å². The van der Waals surface area contributed by atoms with Gasteiger partial charge in [-0.3, -0.25) is 9.59 Å². The molecule has 1 N–H and O–H groups in total. The Kier molecular flexibility index (Phi) is 7.93. The number of benzene rings is 2. The van der Waals surface area contributed by atoms with Gasteiger partial charge in [0, 0.05) is 23.4 Å². The minimum absolute atomic E-state index is 0. The zero-order chi connectivity index (χ0) is 31.9. The van der Waals surface area contributed by atoms with Crippen molar-refractivity contribution in [3.05, 3.63) is 70.3 Å². The molecule has 3 saturated carbocycles. The Morgan fingerprint density at radius 2 is 1.40 bits per heavy atom. The van der Waals surface area contributed by atoms with Gasteiger partial charge in [-0.05, 0) is 106 Å². The maximum atomic E-state index is 15.0. The molecule has 4 aliphatic carbocycles. The number of hydrogen-bond donors (Lipinski definition) is 1. The lowest BCUT2D eigenvalue weighted by Crippen LogP contribution is -2.56. The number of fused-ring (bicyclic) bond motifs is 6. The van der Waals surface area contributed by atoms with Gasteiger partial charge in [-0.15, -0.1) is 0 Å². The zero-order valence-electron chi connectivity index (χ0n) is 24.3. The Hall–Kier alpha value is -3.11. The average Bonchev–Trinajstić information content (AvgIpc) is 3.35. The maximum Gasteiger partial charge on any atom is 0.426 e. The van der Waals surface area contributed by atoms with Gasteiger partial charge in [0.1, 0.15) is 0 Å². The largest absolute Gasteiger partial charge is 0.481 e. The van der Waals surface area contributed by atoms with Crippen molar-refractivity contribution in [1.29, 1.82) is 0 Å². The Morgan fingerprint density at radius 1 is 0.844 bits per heavy atom. The molecule has 4 nitrogen and oxygen atoms in total. The molecule has 4 fully saturated rings. The number of halogens is 7. The summed E-state index contributed by atoms with van der Waals surface area (Å²) in [7, 11) is 0. The molecule has 3 unspecified atom stereocenters. The van der Waals surface area contributed by atoms with Crippen LogP contribution in [0.15, 0.2) is 42.5 Å². The second kappa shape index (κ2) is 10.7. The molecule has 246 valence electrons. The van der Waals surface area contributed by atoms with Crippen LogP contribution in [-0.4, -0.2) is 40.6 Å². The minimum atomic E-state index is -5.12. The molecule has 45 heavy (non-hydrogen) atoms. The smallest absolute Gasteiger partial charge is 0.426 e. The number of likely N-dealkylation sites (tertiary alicyclic amines) is 1. The molecule has 1 amide bonds. The second-order valence-corrected chi connectivity index (χ2v) is 13.6. The first kappa shape index (κ1) is 33.3. The van der Waals surface area contributed by atoms with E-state index < -0.39 is 51.4 Å². The highest BCUT2D eigenvalue weighted by Crippen LogP contribution is 2.59. The van der Waals surface area contributed by atoms with Gasteiger partial charge in [-0.25, -0.2) is 4.39 Å². The van der Waals surface area contributed by atoms with Crippen LogP contribution in [0.4, 0.5) is 30.7 Å². The number of aryl methyl sites for hydroxylation is 1. The molecule has 2 bridgehead atoms. The van der Waals surface area contributed by atoms with Crippen molar-refractivity contribution >= 4 is 11.9 Å². The molecular formula is C34H38F7NO3. The van der Waals surface area contributed by atoms with Crippen molar-refractivity contribution < 1.29 is 45.4 Å². The number of rotatable bonds is 5. The summed E-state index contributed by atoms with van der Waals surface area (Å²) in [6.07, 6.45) is -5.52. The summed E-state index contributed by atoms with van der Waals surface area (Å²) < 4.78 is 95.5. The van der Waals surface area contributed by atoms with Crippen molar-refractivity contribution in [2.24, 2.45) is 10.8 Å². The van der Waals surface area contributed by atoms with Crippen LogP contribution in [0.5, 0.6) is 0 Å². The summed E-state index contributed by atoms with van der Waals surface area (Å²) in [4.78, 5) is 28.2. The average molecular weight is 642 g/mol. The zero-order valence-corrected chi connectivity index (χ0v) is 24.3. The quantitative estimate of drug-likeness (QED) is 0.333. The van der Waals surface area contributed by atoms with Gasteiger partial charge in [0.25, 0.3) is 0 Å². The summed E-state index contributed by atoms with van der Waals surface area (Å²) >= 11 is 0. The highest BCUT2D eigenvalue weighted by molar-refractivity contribution is 5.86. The number of aliphatic carboxylic acids is 1. The molecule has 2 aromatic carbocycles. The Morgan fingerprint density at radius 3 is 1.93 bits per heavy atom. The molecular weight excluding hydrogens is 603 g/mol. The van der Waals surface area contributed by atoms with Crippen LogP contribution in [0, 0.1) is 10.8 Å². The number of amides is 1. The lowest BCUT2D eigenvalue weighted by atomic mass is 9.53. The molecule has 0 spiro atoms. The van der Waals surface area contributed by atoms with E-state index in [-0.39, 0.29) is 25.8 Å². The first-order valence-corrected chi connectivity index (χ1v) is 15.0. The van der Waals surface area contributed by atoms with Gasteiger partial charge < -0.3 is 10.0 Å². The molecule has 11 heteroatoms. The predicted octanol–water partition coefficient (Wildman–Crippen LogP) is 8.54. The molecule has 1 heterocycles. The van der Waals surface area contributed by atoms with Crippen molar-refractivity contribution in [2.75, 3.05) is 6.54 Å². The summed E-state index contributed by atoms with van der Waals surface area (Å²) in [6.45, 7) is 0.849. The topological polar surface area (TPSA) is 57.6 Å². The third-order valence-electron chi connectivity index (χ3n) is 11.4. The lowest BCUT2D eigenvalue weighted by molar-refractivity contribution is -0.228. The van der Waals surface area contributed by atoms with Gasteiger partial charge in [0.05, 0.1) is 11.0 Å². The van der Waals surface area contributed by atoms with E-state index in [2.05, 4.69) is 0 Å². The van der Waals surface area contributed by atoms with Crippen molar-refractivity contribution in [3.8, 4) is 0 Å². The van der Waals surface area contributed by atoms with Gasteiger partial charge in [-0.1, -0.05) is 37.8 Å². The molecule has 1 saturated heterocycles. The highest BCUT2D eigenvalue weighted by atomic mass is 19.4. The molecule has 2 aromatic rings. The fourth-order valence-corrected chi connectivity index (χ4v) is 8.57. The van der Waals surface area contributed by atoms with Crippen LogP contribution in [0.1, 0.15) is 93.5 Å². The third-order valence-corrected chi connectivity index (χ3v) is 11.4. The Balaban J connectivity index is 0.00000400. The molecule has 1 aliphatic heterocycles. The fraction of sp³-hybridized carbons (Fsp3) is 0.588. The van der Waals surface area contributed by atoms with Crippen LogP contribution >= 0.6 is 0 Å². The first-order valence-electron chi connectivity index (χ1n) is 15.0. The molecule has 0 aromatic heterocycles. The minimum Gasteiger partial charge on any atom is -0.481 e. The van der Waals surface area contributed by atoms with Gasteiger partial charge in [0.15, 0.2) is 0 Å². The van der Waals surface area contributed by atoms with Gasteiger partial charge >= 0.3 is 18.3 Å². The summed E-state index contributed by atoms with van der Waals surface area (Å²) in [5.74, 6) is -0.864. The third kappa shape index (κ3) is 5.12. The van der Waals surface area contributed by atoms with Crippen LogP contribution < -0.4 is 0 Å². The van der Waals surface area contributed by atoms with Crippen LogP contribution in [0.3, 0.4) is 0 Å². The van der Waals surface area contributed by atoms with E-state index in [1.54, 1.807) is 0 Å². The van der Waals surface area contributed by atoms with E-state index in [0.29, 0.717) is 87.9 Å². The standard InChI is InChI=1S/C33H34F7NO3.CH4/c1-28(34,33(38,39)40)23-7-8-24-21(18-23)4-9-25-31(24,19-20-2-5-22(6-3-20)32(35,36)37)16-17-41(25)26(42)29-10-13-30(14-11-29,15-12-29)27(43)44;/h2-3,5-8,18,25H,4,9-17,19H2,1H3,(H,43,44);1H4. The highest BCUT2D eigenvalue weighted by Gasteiger charge is 2.60. The summed E-state index contributed by atoms with van der Waals surface area (Å²) in [5, 5.41) is 9.80. The number of carboxylic acid groups (broad SMARTS) is 1. The van der Waals surface area contributed by atoms with E-state index in [1.807, 2.05) is 4.90 Å². The monoisotopic (exact) mass is 641 g/mol. The van der Waals surface area contributed by atoms with E-state index in [4.69, 9.17) is 0 Å². The van der Waals surface area contributed by atoms with E-state index in [9.17, 15) is 45.4 Å². The molecule has 3 atom stereocenters. The molecule has 7 rings (SSSR count). The summed E-state index contributed by atoms with van der Waals surface area (Å²) in [6, 6.07) is 8.34. The maximum absolute atomic E-state index is 15.0. The normalized spacial score (nSPS) is 30.6. The molecule has 5 aliphatic rings. The van der Waals surface area contributed by atoms with E-state index >= 15 is 0 Å². The Labute approximate surface area is 258 Å². The molecule has 0 radical (unpaired) electrons. The van der Waals surface area contributed by atoms with E-state index in [1.165, 1.54) is 24.3 Å². The van der Waals surface area contributed by atoms with Crippen LogP contribution in [0.2, 0.25) is 0 Å². The number of alkyl halides is 7. The number of hydrogen-bond acceptors (Lipinski definition) is 2. The SMILES string of the molecule is C.CC(F)(c1ccc2c(c1)CCC1N(C(=O)C34CCC(C(=O)O)(CC3)CC4)CCC21Cc1ccc(C(F)(F)F)cc1)C(F)(F)F. The Bertz CT molecular complexity index is 1460. The first-order chi connectivity index (χ1) is 20.4. The van der Waals surface area contributed by atoms with Crippen molar-refractivity contribution in [2.45, 2.75) is 108 Å². The van der Waals surface area contributed by atoms with Crippen LogP contribution in [0.25, 0.3) is 0 Å². The number of carbonyl (C=O) groups excluding carboxylic acids is 1. The summed E-state index contributed by atoms with van der Waals surface area (Å²) in [5.41, 5.74) is -5.29. The predicted molar refractivity (Wildman–Crippen MR) is 153 cm³/mol. The number of nitrogens with zero attached hydrogens (tertiary/aromatic N) is 1. The van der Waals surface area contributed by atoms with Crippen molar-refractivity contribution in [1.82, 2.24) is 4.90 Å². The van der Waals surface area contributed by atoms with Gasteiger partial charge in [0.2, 0.25) is 11.6 Å². The van der Waals surface area contributed by atoms with Crippen LogP contribution in [-0.2, 0) is 39.7 Å². The number of carboxylic acids is 1.